The third kappa shape index (κ3) is 4.43. The molecule has 0 bridgehead atoms. The summed E-state index contributed by atoms with van der Waals surface area (Å²) in [5.41, 5.74) is 3.25. The molecule has 0 aromatic heterocycles. The zero-order valence-corrected chi connectivity index (χ0v) is 20.2. The van der Waals surface area contributed by atoms with Gasteiger partial charge in [0, 0.05) is 21.8 Å². The van der Waals surface area contributed by atoms with Gasteiger partial charge in [-0.3, -0.25) is 4.79 Å². The van der Waals surface area contributed by atoms with Gasteiger partial charge in [0.15, 0.2) is 0 Å². The number of nitrogens with zero attached hydrogens (tertiary/aromatic N) is 1. The van der Waals surface area contributed by atoms with Crippen LogP contribution in [-0.4, -0.2) is 21.2 Å². The molecule has 0 spiro atoms. The summed E-state index contributed by atoms with van der Waals surface area (Å²) in [5, 5.41) is 32.4. The summed E-state index contributed by atoms with van der Waals surface area (Å²) in [5.74, 6) is -0.285. The number of rotatable bonds is 7. The Morgan fingerprint density at radius 2 is 1.47 bits per heavy atom. The van der Waals surface area contributed by atoms with Crippen LogP contribution in [0.3, 0.4) is 0 Å². The number of para-hydroxylation sites is 2. The van der Waals surface area contributed by atoms with Crippen LogP contribution in [0.4, 0.5) is 5.69 Å². The second-order valence-electron chi connectivity index (χ2n) is 9.00. The van der Waals surface area contributed by atoms with Gasteiger partial charge in [0.1, 0.15) is 11.5 Å². The van der Waals surface area contributed by atoms with Gasteiger partial charge in [-0.25, -0.2) is 0 Å². The summed E-state index contributed by atoms with van der Waals surface area (Å²) in [6.45, 7) is 0. The Hall–Kier alpha value is -3.80. The van der Waals surface area contributed by atoms with Gasteiger partial charge in [-0.05, 0) is 54.3 Å². The van der Waals surface area contributed by atoms with Crippen molar-refractivity contribution in [3.8, 4) is 22.6 Å². The van der Waals surface area contributed by atoms with Gasteiger partial charge >= 0.3 is 0 Å². The monoisotopic (exact) mass is 499 g/mol. The fourth-order valence-electron chi connectivity index (χ4n) is 4.99. The second-order valence-corrected chi connectivity index (χ2v) is 9.41. The van der Waals surface area contributed by atoms with E-state index in [9.17, 15) is 20.1 Å². The van der Waals surface area contributed by atoms with Gasteiger partial charge in [-0.1, -0.05) is 78.3 Å². The molecular weight excluding hydrogens is 474 g/mol. The van der Waals surface area contributed by atoms with Crippen molar-refractivity contribution in [1.82, 2.24) is 0 Å². The Labute approximate surface area is 214 Å². The standard InChI is InChI=1S/C30H26ClNO4/c31-25-12-6-4-11-23(25)27(34)17-16-24-29(32(30(24)36)20-8-2-1-3-9-20)19-14-15-22(28(35)18-19)21-10-5-7-13-26(21)33/h1-15,18,24,27,29,33-35H,16-17H2/t24-,27+,29-/m1/s1. The van der Waals surface area contributed by atoms with Crippen molar-refractivity contribution >= 4 is 23.2 Å². The first-order valence-electron chi connectivity index (χ1n) is 11.9. The molecule has 0 saturated carbocycles. The van der Waals surface area contributed by atoms with E-state index in [0.29, 0.717) is 34.6 Å². The Morgan fingerprint density at radius 3 is 2.19 bits per heavy atom. The largest absolute Gasteiger partial charge is 0.507 e. The molecule has 36 heavy (non-hydrogen) atoms. The van der Waals surface area contributed by atoms with Crippen LogP contribution in [0.25, 0.3) is 11.1 Å². The Kier molecular flexibility index (Phi) is 6.68. The number of anilines is 1. The lowest BCUT2D eigenvalue weighted by Crippen LogP contribution is -2.55. The molecule has 1 saturated heterocycles. The highest BCUT2D eigenvalue weighted by Crippen LogP contribution is 2.48. The maximum absolute atomic E-state index is 13.3. The number of carbonyl (C=O) groups is 1. The molecule has 1 aliphatic heterocycles. The lowest BCUT2D eigenvalue weighted by atomic mass is 9.78. The average Bonchev–Trinajstić information content (AvgIpc) is 2.88. The topological polar surface area (TPSA) is 81.0 Å². The molecule has 4 aromatic carbocycles. The van der Waals surface area contributed by atoms with E-state index in [4.69, 9.17) is 11.6 Å². The molecule has 0 radical (unpaired) electrons. The minimum atomic E-state index is -0.783. The molecule has 1 aliphatic rings. The van der Waals surface area contributed by atoms with E-state index in [0.717, 1.165) is 11.3 Å². The molecule has 6 heteroatoms. The van der Waals surface area contributed by atoms with Crippen molar-refractivity contribution in [2.75, 3.05) is 4.90 Å². The molecule has 1 heterocycles. The fraction of sp³-hybridized carbons (Fsp3) is 0.167. The number of halogens is 1. The van der Waals surface area contributed by atoms with Crippen molar-refractivity contribution in [3.05, 3.63) is 113 Å². The molecule has 0 unspecified atom stereocenters. The summed E-state index contributed by atoms with van der Waals surface area (Å²) < 4.78 is 0. The summed E-state index contributed by atoms with van der Waals surface area (Å²) in [7, 11) is 0. The first kappa shape index (κ1) is 23.9. The van der Waals surface area contributed by atoms with Crippen molar-refractivity contribution in [3.63, 3.8) is 0 Å². The average molecular weight is 500 g/mol. The number of hydrogen-bond acceptors (Lipinski definition) is 4. The van der Waals surface area contributed by atoms with Crippen molar-refractivity contribution in [2.24, 2.45) is 5.92 Å². The summed E-state index contributed by atoms with van der Waals surface area (Å²) in [4.78, 5) is 15.0. The van der Waals surface area contributed by atoms with Gasteiger partial charge < -0.3 is 20.2 Å². The molecule has 0 aliphatic carbocycles. The number of aromatic hydroxyl groups is 2. The van der Waals surface area contributed by atoms with Gasteiger partial charge in [0.05, 0.1) is 18.1 Å². The van der Waals surface area contributed by atoms with Gasteiger partial charge in [-0.2, -0.15) is 0 Å². The molecule has 5 nitrogen and oxygen atoms in total. The normalized spacial score (nSPS) is 18.1. The van der Waals surface area contributed by atoms with Crippen LogP contribution in [-0.2, 0) is 4.79 Å². The highest BCUT2D eigenvalue weighted by atomic mass is 35.5. The van der Waals surface area contributed by atoms with Crippen molar-refractivity contribution in [1.29, 1.82) is 0 Å². The molecule has 1 amide bonds. The van der Waals surface area contributed by atoms with Crippen LogP contribution in [0.2, 0.25) is 5.02 Å². The summed E-state index contributed by atoms with van der Waals surface area (Å²) in [6, 6.07) is 28.4. The molecule has 3 atom stereocenters. The lowest BCUT2D eigenvalue weighted by Gasteiger charge is -2.48. The zero-order chi connectivity index (χ0) is 25.2. The molecular formula is C30H26ClNO4. The van der Waals surface area contributed by atoms with Crippen molar-refractivity contribution < 1.29 is 20.1 Å². The van der Waals surface area contributed by atoms with E-state index in [1.807, 2.05) is 48.5 Å². The number of hydrogen-bond donors (Lipinski definition) is 3. The van der Waals surface area contributed by atoms with Crippen LogP contribution in [0.1, 0.15) is 36.1 Å². The molecule has 5 rings (SSSR count). The second kappa shape index (κ2) is 10.1. The third-order valence-electron chi connectivity index (χ3n) is 6.82. The highest BCUT2D eigenvalue weighted by Gasteiger charge is 2.48. The van der Waals surface area contributed by atoms with Gasteiger partial charge in [-0.15, -0.1) is 0 Å². The molecule has 1 fully saturated rings. The quantitative estimate of drug-likeness (QED) is 0.249. The molecule has 182 valence electrons. The zero-order valence-electron chi connectivity index (χ0n) is 19.5. The summed E-state index contributed by atoms with van der Waals surface area (Å²) >= 11 is 6.25. The number of phenols is 2. The van der Waals surface area contributed by atoms with E-state index < -0.39 is 6.10 Å². The lowest BCUT2D eigenvalue weighted by molar-refractivity contribution is -0.131. The summed E-state index contributed by atoms with van der Waals surface area (Å²) in [6.07, 6.45) is 0.0531. The van der Waals surface area contributed by atoms with Crippen LogP contribution in [0, 0.1) is 5.92 Å². The number of carbonyl (C=O) groups excluding carboxylic acids is 1. The minimum Gasteiger partial charge on any atom is -0.507 e. The number of benzene rings is 4. The van der Waals surface area contributed by atoms with E-state index in [2.05, 4.69) is 0 Å². The van der Waals surface area contributed by atoms with E-state index >= 15 is 0 Å². The predicted molar refractivity (Wildman–Crippen MR) is 141 cm³/mol. The Balaban J connectivity index is 1.44. The number of β-lactam (4-membered cyclic amide) rings is 1. The van der Waals surface area contributed by atoms with Crippen LogP contribution >= 0.6 is 11.6 Å². The Morgan fingerprint density at radius 1 is 0.806 bits per heavy atom. The first-order valence-corrected chi connectivity index (χ1v) is 12.3. The van der Waals surface area contributed by atoms with Gasteiger partial charge in [0.25, 0.3) is 0 Å². The molecule has 3 N–H and O–H groups in total. The number of phenolic OH excluding ortho intramolecular Hbond substituents is 2. The molecule has 4 aromatic rings. The number of amides is 1. The highest BCUT2D eigenvalue weighted by molar-refractivity contribution is 6.31. The van der Waals surface area contributed by atoms with Crippen LogP contribution in [0.15, 0.2) is 97.1 Å². The van der Waals surface area contributed by atoms with E-state index in [1.165, 1.54) is 0 Å². The number of aliphatic hydroxyl groups excluding tert-OH is 1. The van der Waals surface area contributed by atoms with Crippen LogP contribution < -0.4 is 4.90 Å². The maximum Gasteiger partial charge on any atom is 0.233 e. The van der Waals surface area contributed by atoms with Gasteiger partial charge in [0.2, 0.25) is 5.91 Å². The fourth-order valence-corrected chi connectivity index (χ4v) is 5.25. The first-order chi connectivity index (χ1) is 17.5. The smallest absolute Gasteiger partial charge is 0.233 e. The number of aliphatic hydroxyl groups is 1. The van der Waals surface area contributed by atoms with E-state index in [1.54, 1.807) is 53.4 Å². The Bertz CT molecular complexity index is 1390. The van der Waals surface area contributed by atoms with Crippen molar-refractivity contribution in [2.45, 2.75) is 25.0 Å². The maximum atomic E-state index is 13.3. The van der Waals surface area contributed by atoms with E-state index in [-0.39, 0.29) is 29.4 Å². The van der Waals surface area contributed by atoms with Crippen LogP contribution in [0.5, 0.6) is 11.5 Å². The predicted octanol–water partition coefficient (Wildman–Crippen LogP) is 6.64. The SMILES string of the molecule is O=C1[C@H](CC[C@H](O)c2ccccc2Cl)[C@@H](c2ccc(-c3ccccc3O)c(O)c2)N1c1ccccc1. The minimum absolute atomic E-state index is 0.0243. The third-order valence-corrected chi connectivity index (χ3v) is 7.17.